The van der Waals surface area contributed by atoms with Crippen molar-refractivity contribution in [1.82, 2.24) is 39.7 Å². The Hall–Kier alpha value is -5.01. The van der Waals surface area contributed by atoms with E-state index in [9.17, 15) is 9.59 Å². The first-order chi connectivity index (χ1) is 25.6. The maximum Gasteiger partial charge on any atom is 0.241 e. The molecule has 0 spiro atoms. The first-order valence-corrected chi connectivity index (χ1v) is 18.5. The highest BCUT2D eigenvalue weighted by Gasteiger charge is 2.44. The molecule has 0 bridgehead atoms. The molecule has 12 nitrogen and oxygen atoms in total. The second kappa shape index (κ2) is 14.0. The summed E-state index contributed by atoms with van der Waals surface area (Å²) < 4.78 is 24.5. The van der Waals surface area contributed by atoms with E-state index in [0.29, 0.717) is 49.0 Å². The maximum atomic E-state index is 13.9. The molecule has 1 atom stereocenters. The van der Waals surface area contributed by atoms with Crippen LogP contribution in [0.5, 0.6) is 5.88 Å². The Morgan fingerprint density at radius 2 is 1.90 bits per heavy atom. The summed E-state index contributed by atoms with van der Waals surface area (Å²) in [6, 6.07) is 17.4. The largest absolute Gasteiger partial charge is 0.474 e. The number of amides is 2. The lowest BCUT2D eigenvalue weighted by Crippen LogP contribution is -2.45. The van der Waals surface area contributed by atoms with Crippen molar-refractivity contribution in [2.75, 3.05) is 44.2 Å². The molecule has 5 aromatic rings. The lowest BCUT2D eigenvalue weighted by atomic mass is 9.96. The number of carbonyl (C=O) groups excluding carboxylic acids is 2. The number of carbonyl (C=O) groups is 2. The van der Waals surface area contributed by atoms with Crippen molar-refractivity contribution in [2.45, 2.75) is 43.0 Å². The topological polar surface area (TPSA) is 134 Å². The number of nitrogens with zero attached hydrogens (tertiary/aromatic N) is 7. The van der Waals surface area contributed by atoms with Gasteiger partial charge in [0.25, 0.3) is 0 Å². The van der Waals surface area contributed by atoms with E-state index in [-0.39, 0.29) is 25.1 Å². The fourth-order valence-electron chi connectivity index (χ4n) is 6.76. The number of thioether (sulfide) groups is 1. The maximum absolute atomic E-state index is 13.9. The molecule has 8 rings (SSSR count). The van der Waals surface area contributed by atoms with Crippen LogP contribution in [0.25, 0.3) is 39.1 Å². The van der Waals surface area contributed by atoms with Gasteiger partial charge in [0.05, 0.1) is 14.8 Å². The summed E-state index contributed by atoms with van der Waals surface area (Å²) in [6.45, 7) is -1.17. The van der Waals surface area contributed by atoms with E-state index in [1.54, 1.807) is 22.1 Å². The fraction of sp³-hybridized carbons (Fsp3) is 0.368. The number of benzene rings is 2. The molecule has 1 saturated heterocycles. The summed E-state index contributed by atoms with van der Waals surface area (Å²) in [4.78, 5) is 39.5. The van der Waals surface area contributed by atoms with E-state index in [0.717, 1.165) is 46.0 Å². The van der Waals surface area contributed by atoms with Gasteiger partial charge in [-0.15, -0.1) is 11.8 Å². The van der Waals surface area contributed by atoms with Gasteiger partial charge in [0, 0.05) is 67.7 Å². The number of hydrogen-bond donors (Lipinski definition) is 2. The van der Waals surface area contributed by atoms with E-state index in [2.05, 4.69) is 30.6 Å². The van der Waals surface area contributed by atoms with Gasteiger partial charge in [0.2, 0.25) is 17.7 Å². The highest BCUT2D eigenvalue weighted by atomic mass is 32.2. The molecule has 2 amide bonds. The Morgan fingerprint density at radius 3 is 2.59 bits per heavy atom. The Kier molecular flexibility index (Phi) is 8.42. The standard InChI is InChI=1S/C38H41N9O3S/c1-45-24-40-36(44-45)27-8-6-25(7-9-27)26-14-17-47(18-15-26)34(48)22-46-19-16-38(23-46,51-2)37(49)41-29-11-12-32-31(20-29)35(43-42-32)28-10-13-33(39-21-28)50-30-4-3-5-30/h6-14,20-21,24,30H,3-5,15-19,22-23H2,1-2H3,(H,41,49)(H,42,43)/t38-/m0/s1/i22D2. The molecule has 0 unspecified atom stereocenters. The Morgan fingerprint density at radius 1 is 1.08 bits per heavy atom. The molecule has 1 aliphatic carbocycles. The number of likely N-dealkylation sites (tertiary alicyclic amines) is 1. The molecule has 13 heteroatoms. The van der Waals surface area contributed by atoms with Crippen molar-refractivity contribution in [3.8, 4) is 28.5 Å². The number of aryl methyl sites for hydroxylation is 1. The van der Waals surface area contributed by atoms with Crippen LogP contribution in [0.4, 0.5) is 5.69 Å². The smallest absolute Gasteiger partial charge is 0.241 e. The molecule has 2 aromatic carbocycles. The van der Waals surface area contributed by atoms with E-state index < -0.39 is 17.2 Å². The quantitative estimate of drug-likeness (QED) is 0.196. The summed E-state index contributed by atoms with van der Waals surface area (Å²) >= 11 is 1.39. The average molecular weight is 706 g/mol. The predicted octanol–water partition coefficient (Wildman–Crippen LogP) is 5.41. The highest BCUT2D eigenvalue weighted by molar-refractivity contribution is 8.00. The molecule has 1 saturated carbocycles. The summed E-state index contributed by atoms with van der Waals surface area (Å²) in [5.74, 6) is 0.451. The third-order valence-corrected chi connectivity index (χ3v) is 11.4. The minimum absolute atomic E-state index is 0.102. The van der Waals surface area contributed by atoms with Crippen LogP contribution in [0.15, 0.2) is 73.2 Å². The number of hydrogen-bond acceptors (Lipinski definition) is 9. The van der Waals surface area contributed by atoms with Crippen LogP contribution in [0.3, 0.4) is 0 Å². The molecule has 0 radical (unpaired) electrons. The van der Waals surface area contributed by atoms with Crippen LogP contribution in [0.1, 0.15) is 40.4 Å². The zero-order valence-electron chi connectivity index (χ0n) is 30.6. The predicted molar refractivity (Wildman–Crippen MR) is 199 cm³/mol. The minimum Gasteiger partial charge on any atom is -0.474 e. The Balaban J connectivity index is 0.909. The monoisotopic (exact) mass is 705 g/mol. The minimum atomic E-state index is -2.27. The molecule has 2 N–H and O–H groups in total. The third-order valence-electron chi connectivity index (χ3n) is 10.1. The van der Waals surface area contributed by atoms with Crippen molar-refractivity contribution in [3.05, 3.63) is 78.8 Å². The number of pyridine rings is 1. The zero-order chi connectivity index (χ0) is 36.7. The SMILES string of the molecule is [2H]C([2H])(C(=O)N1CC=C(c2ccc(-c3ncn(C)n3)cc2)CC1)N1CC[C@@](SC)(C(=O)Nc2ccc3[nH]nc(-c4ccc(OC5CCC5)nc4)c3c2)C1. The van der Waals surface area contributed by atoms with Gasteiger partial charge in [0.1, 0.15) is 22.9 Å². The zero-order valence-corrected chi connectivity index (χ0v) is 29.4. The second-order valence-corrected chi connectivity index (χ2v) is 14.6. The first kappa shape index (κ1) is 30.8. The van der Waals surface area contributed by atoms with Gasteiger partial charge in [-0.25, -0.2) is 9.97 Å². The number of aromatic amines is 1. The molecule has 3 aliphatic rings. The van der Waals surface area contributed by atoms with Crippen LogP contribution < -0.4 is 10.1 Å². The molecule has 2 aliphatic heterocycles. The van der Waals surface area contributed by atoms with Crippen LogP contribution in [-0.4, -0.2) is 101 Å². The molecule has 262 valence electrons. The van der Waals surface area contributed by atoms with Gasteiger partial charge >= 0.3 is 0 Å². The van der Waals surface area contributed by atoms with Crippen LogP contribution in [0.2, 0.25) is 0 Å². The number of H-pyrrole nitrogens is 1. The molecular formula is C38H41N9O3S. The van der Waals surface area contributed by atoms with E-state index in [1.807, 2.05) is 74.0 Å². The second-order valence-electron chi connectivity index (χ2n) is 13.4. The van der Waals surface area contributed by atoms with Crippen LogP contribution in [0, 0.1) is 0 Å². The normalized spacial score (nSPS) is 20.4. The van der Waals surface area contributed by atoms with Crippen molar-refractivity contribution in [2.24, 2.45) is 7.05 Å². The third kappa shape index (κ3) is 6.87. The van der Waals surface area contributed by atoms with E-state index >= 15 is 0 Å². The number of nitrogens with one attached hydrogen (secondary N) is 2. The number of rotatable bonds is 10. The van der Waals surface area contributed by atoms with Crippen LogP contribution >= 0.6 is 11.8 Å². The van der Waals surface area contributed by atoms with Gasteiger partial charge in [-0.3, -0.25) is 24.3 Å². The average Bonchev–Trinajstić information content (AvgIpc) is 3.92. The van der Waals surface area contributed by atoms with Gasteiger partial charge in [-0.1, -0.05) is 30.3 Å². The van der Waals surface area contributed by atoms with Gasteiger partial charge in [-0.2, -0.15) is 10.2 Å². The van der Waals surface area contributed by atoms with Crippen molar-refractivity contribution < 1.29 is 17.1 Å². The Labute approximate surface area is 303 Å². The highest BCUT2D eigenvalue weighted by Crippen LogP contribution is 2.36. The molecular weight excluding hydrogens is 663 g/mol. The number of fused-ring (bicyclic) bond motifs is 1. The lowest BCUT2D eigenvalue weighted by molar-refractivity contribution is -0.132. The summed E-state index contributed by atoms with van der Waals surface area (Å²) in [5, 5.41) is 15.9. The van der Waals surface area contributed by atoms with E-state index in [4.69, 9.17) is 7.48 Å². The summed E-state index contributed by atoms with van der Waals surface area (Å²) in [7, 11) is 1.83. The summed E-state index contributed by atoms with van der Waals surface area (Å²) in [6.07, 6.45) is 11.8. The fourth-order valence-corrected chi connectivity index (χ4v) is 7.57. The number of ether oxygens (including phenoxy) is 1. The molecule has 51 heavy (non-hydrogen) atoms. The number of aromatic nitrogens is 6. The number of anilines is 1. The summed E-state index contributed by atoms with van der Waals surface area (Å²) in [5.41, 5.74) is 6.06. The lowest BCUT2D eigenvalue weighted by Gasteiger charge is -2.29. The van der Waals surface area contributed by atoms with E-state index in [1.165, 1.54) is 23.1 Å². The molecule has 2 fully saturated rings. The van der Waals surface area contributed by atoms with Gasteiger partial charge in [0.15, 0.2) is 5.82 Å². The van der Waals surface area contributed by atoms with Crippen molar-refractivity contribution in [1.29, 1.82) is 0 Å². The van der Waals surface area contributed by atoms with Gasteiger partial charge < -0.3 is 15.0 Å². The molecule has 5 heterocycles. The van der Waals surface area contributed by atoms with Crippen molar-refractivity contribution in [3.63, 3.8) is 0 Å². The van der Waals surface area contributed by atoms with Gasteiger partial charge in [-0.05, 0) is 73.8 Å². The molecule has 3 aromatic heterocycles. The van der Waals surface area contributed by atoms with Crippen molar-refractivity contribution >= 4 is 45.7 Å². The Bertz CT molecular complexity index is 2180. The van der Waals surface area contributed by atoms with Crippen LogP contribution in [-0.2, 0) is 16.6 Å². The first-order valence-electron chi connectivity index (χ1n) is 18.3.